The summed E-state index contributed by atoms with van der Waals surface area (Å²) in [5.41, 5.74) is 0.885. The molecule has 0 unspecified atom stereocenters. The minimum Gasteiger partial charge on any atom is -0.534 e. The lowest BCUT2D eigenvalue weighted by Crippen LogP contribution is -2.68. The van der Waals surface area contributed by atoms with Crippen LogP contribution in [0.1, 0.15) is 52.7 Å². The molecule has 1 saturated heterocycles. The van der Waals surface area contributed by atoms with Crippen molar-refractivity contribution in [2.75, 3.05) is 19.8 Å². The van der Waals surface area contributed by atoms with Gasteiger partial charge < -0.3 is 18.6 Å². The molecule has 0 amide bonds. The second-order valence-corrected chi connectivity index (χ2v) is 15.3. The summed E-state index contributed by atoms with van der Waals surface area (Å²) in [4.78, 5) is 25.6. The van der Waals surface area contributed by atoms with Crippen LogP contribution in [-0.4, -0.2) is 40.1 Å². The minimum atomic E-state index is -2.77. The van der Waals surface area contributed by atoms with Gasteiger partial charge in [0.15, 0.2) is 5.92 Å². The Morgan fingerprint density at radius 1 is 0.825 bits per heavy atom. The maximum absolute atomic E-state index is 12.8. The Balaban J connectivity index is 1.68. The monoisotopic (exact) mass is 560 g/mol. The Kier molecular flexibility index (Phi) is 9.48. The van der Waals surface area contributed by atoms with Gasteiger partial charge in [0.2, 0.25) is 0 Å². The van der Waals surface area contributed by atoms with E-state index in [9.17, 15) is 9.59 Å². The highest BCUT2D eigenvalue weighted by molar-refractivity contribution is 7.00. The van der Waals surface area contributed by atoms with Crippen LogP contribution in [0.25, 0.3) is 0 Å². The molecule has 1 aliphatic rings. The lowest BCUT2D eigenvalue weighted by molar-refractivity contribution is -0.165. The lowest BCUT2D eigenvalue weighted by atomic mass is 9.83. The minimum absolute atomic E-state index is 0.166. The van der Waals surface area contributed by atoms with Crippen LogP contribution in [0.3, 0.4) is 0 Å². The van der Waals surface area contributed by atoms with Gasteiger partial charge in [0.1, 0.15) is 5.75 Å². The number of carbonyl (C=O) groups excluding carboxylic acids is 2. The molecule has 0 saturated carbocycles. The van der Waals surface area contributed by atoms with Gasteiger partial charge >= 0.3 is 20.3 Å². The zero-order valence-corrected chi connectivity index (χ0v) is 25.1. The topological polar surface area (TPSA) is 71.1 Å². The first-order chi connectivity index (χ1) is 19.2. The number of hydrogen-bond acceptors (Lipinski definition) is 6. The van der Waals surface area contributed by atoms with Crippen molar-refractivity contribution in [3.63, 3.8) is 0 Å². The summed E-state index contributed by atoms with van der Waals surface area (Å²) in [6.07, 6.45) is 0.133. The normalized spacial score (nSPS) is 17.4. The number of benzene rings is 3. The zero-order valence-electron chi connectivity index (χ0n) is 24.1. The van der Waals surface area contributed by atoms with Gasteiger partial charge in [0, 0.05) is 12.5 Å². The van der Waals surface area contributed by atoms with Gasteiger partial charge in [-0.15, -0.1) is 0 Å². The summed E-state index contributed by atoms with van der Waals surface area (Å²) in [7, 11) is -2.77. The summed E-state index contributed by atoms with van der Waals surface area (Å²) in [5.74, 6) is -1.76. The molecule has 0 aliphatic carbocycles. The summed E-state index contributed by atoms with van der Waals surface area (Å²) in [6.45, 7) is 11.0. The maximum Gasteiger partial charge on any atom is 0.320 e. The summed E-state index contributed by atoms with van der Waals surface area (Å²) in [6, 6.07) is 28.9. The van der Waals surface area contributed by atoms with Crippen LogP contribution >= 0.6 is 0 Å². The van der Waals surface area contributed by atoms with E-state index in [1.165, 1.54) is 10.4 Å². The first-order valence-electron chi connectivity index (χ1n) is 14.1. The third-order valence-corrected chi connectivity index (χ3v) is 12.5. The number of ether oxygens (including phenoxy) is 3. The molecule has 0 N–H and O–H groups in total. The van der Waals surface area contributed by atoms with Gasteiger partial charge in [-0.25, -0.2) is 0 Å². The summed E-state index contributed by atoms with van der Waals surface area (Å²) < 4.78 is 23.7. The van der Waals surface area contributed by atoms with E-state index in [0.717, 1.165) is 11.3 Å². The Labute approximate surface area is 238 Å². The highest BCUT2D eigenvalue weighted by atomic mass is 28.4. The summed E-state index contributed by atoms with van der Waals surface area (Å²) >= 11 is 0. The van der Waals surface area contributed by atoms with E-state index in [2.05, 4.69) is 69.3 Å². The molecule has 1 fully saturated rings. The summed E-state index contributed by atoms with van der Waals surface area (Å²) in [5, 5.41) is 2.23. The van der Waals surface area contributed by atoms with Crippen molar-refractivity contribution in [3.05, 3.63) is 90.5 Å². The van der Waals surface area contributed by atoms with E-state index in [1.807, 2.05) is 36.4 Å². The molecule has 212 valence electrons. The van der Waals surface area contributed by atoms with Crippen molar-refractivity contribution in [2.24, 2.45) is 11.8 Å². The van der Waals surface area contributed by atoms with Gasteiger partial charge in [-0.3, -0.25) is 9.59 Å². The molecule has 40 heavy (non-hydrogen) atoms. The SMILES string of the molecule is CCOC(=O)C(C(=O)OCC)[C@@H]1CCO[C@H]1c1ccc(O[Si](c2ccccc2)(c2ccccc2)C(C)(C)C)cc1. The van der Waals surface area contributed by atoms with Crippen molar-refractivity contribution in [2.45, 2.75) is 52.2 Å². The smallest absolute Gasteiger partial charge is 0.320 e. The highest BCUT2D eigenvalue weighted by Gasteiger charge is 2.52. The average molecular weight is 561 g/mol. The number of carbonyl (C=O) groups is 2. The second-order valence-electron chi connectivity index (χ2n) is 11.1. The second kappa shape index (κ2) is 12.8. The molecule has 7 heteroatoms. The average Bonchev–Trinajstić information content (AvgIpc) is 3.42. The number of hydrogen-bond donors (Lipinski definition) is 0. The predicted molar refractivity (Wildman–Crippen MR) is 158 cm³/mol. The van der Waals surface area contributed by atoms with Crippen molar-refractivity contribution < 1.29 is 28.2 Å². The van der Waals surface area contributed by atoms with Crippen molar-refractivity contribution in [3.8, 4) is 5.75 Å². The predicted octanol–water partition coefficient (Wildman–Crippen LogP) is 5.45. The largest absolute Gasteiger partial charge is 0.534 e. The van der Waals surface area contributed by atoms with Crippen LogP contribution < -0.4 is 14.8 Å². The molecule has 6 nitrogen and oxygen atoms in total. The van der Waals surface area contributed by atoms with Gasteiger partial charge in [-0.05, 0) is 53.4 Å². The van der Waals surface area contributed by atoms with Gasteiger partial charge in [0.25, 0.3) is 0 Å². The molecule has 2 atom stereocenters. The fraction of sp³-hybridized carbons (Fsp3) is 0.394. The van der Waals surface area contributed by atoms with E-state index < -0.39 is 32.3 Å². The van der Waals surface area contributed by atoms with Gasteiger partial charge in [-0.1, -0.05) is 93.6 Å². The van der Waals surface area contributed by atoms with Gasteiger partial charge in [-0.2, -0.15) is 0 Å². The molecule has 0 bridgehead atoms. The van der Waals surface area contributed by atoms with Crippen LogP contribution in [0.4, 0.5) is 0 Å². The molecule has 3 aromatic rings. The molecule has 3 aromatic carbocycles. The lowest BCUT2D eigenvalue weighted by Gasteiger charge is -2.43. The Bertz CT molecular complexity index is 1200. The fourth-order valence-corrected chi connectivity index (χ4v) is 10.2. The van der Waals surface area contributed by atoms with Crippen molar-refractivity contribution >= 4 is 30.6 Å². The third-order valence-electron chi connectivity index (χ3n) is 7.54. The Hall–Kier alpha value is -3.42. The van der Waals surface area contributed by atoms with Gasteiger partial charge in [0.05, 0.1) is 19.3 Å². The Morgan fingerprint density at radius 2 is 1.32 bits per heavy atom. The van der Waals surface area contributed by atoms with Crippen LogP contribution in [0.2, 0.25) is 5.04 Å². The number of esters is 2. The van der Waals surface area contributed by atoms with E-state index in [1.54, 1.807) is 13.8 Å². The molecule has 0 aromatic heterocycles. The highest BCUT2D eigenvalue weighted by Crippen LogP contribution is 2.42. The maximum atomic E-state index is 12.8. The van der Waals surface area contributed by atoms with Crippen LogP contribution in [0, 0.1) is 11.8 Å². The van der Waals surface area contributed by atoms with Crippen LogP contribution in [0.5, 0.6) is 5.75 Å². The van der Waals surface area contributed by atoms with E-state index >= 15 is 0 Å². The van der Waals surface area contributed by atoms with Crippen molar-refractivity contribution in [1.29, 1.82) is 0 Å². The van der Waals surface area contributed by atoms with E-state index in [4.69, 9.17) is 18.6 Å². The molecule has 4 rings (SSSR count). The van der Waals surface area contributed by atoms with E-state index in [-0.39, 0.29) is 24.2 Å². The fourth-order valence-electron chi connectivity index (χ4n) is 5.75. The molecular formula is C33H40O6Si. The Morgan fingerprint density at radius 3 is 1.77 bits per heavy atom. The standard InChI is InChI=1S/C33H40O6Si/c1-6-36-31(34)29(32(35)37-7-2)28-22-23-38-30(28)24-18-20-25(21-19-24)39-40(33(3,4)5,26-14-10-8-11-15-26)27-16-12-9-13-17-27/h8-21,28-30H,6-7,22-23H2,1-5H3/t28-,30-/m0/s1. The molecule has 1 heterocycles. The van der Waals surface area contributed by atoms with Crippen molar-refractivity contribution in [1.82, 2.24) is 0 Å². The molecular weight excluding hydrogens is 520 g/mol. The van der Waals surface area contributed by atoms with Crippen LogP contribution in [0.15, 0.2) is 84.9 Å². The molecule has 1 aliphatic heterocycles. The number of rotatable bonds is 10. The third kappa shape index (κ3) is 6.00. The molecule has 0 spiro atoms. The van der Waals surface area contributed by atoms with E-state index in [0.29, 0.717) is 13.0 Å². The van der Waals surface area contributed by atoms with Crippen LogP contribution in [-0.2, 0) is 23.8 Å². The molecule has 0 radical (unpaired) electrons. The first kappa shape index (κ1) is 29.6. The zero-order chi connectivity index (χ0) is 28.8. The quantitative estimate of drug-likeness (QED) is 0.187. The first-order valence-corrected chi connectivity index (χ1v) is 16.0.